The Labute approximate surface area is 148 Å². The molecule has 1 aromatic rings. The Kier molecular flexibility index (Phi) is 5.06. The van der Waals surface area contributed by atoms with E-state index in [-0.39, 0.29) is 11.1 Å². The molecule has 0 heterocycles. The molecule has 0 radical (unpaired) electrons. The first-order valence-corrected chi connectivity index (χ1v) is 11.5. The molecular formula is C20H32O3Si. The summed E-state index contributed by atoms with van der Waals surface area (Å²) in [7, 11) is 1.52. The first-order chi connectivity index (χ1) is 11.1. The lowest BCUT2D eigenvalue weighted by Gasteiger charge is -2.54. The van der Waals surface area contributed by atoms with Crippen LogP contribution in [-0.2, 0) is 14.8 Å². The molecule has 134 valence electrons. The van der Waals surface area contributed by atoms with Crippen molar-refractivity contribution in [1.82, 2.24) is 0 Å². The first-order valence-electron chi connectivity index (χ1n) is 8.60. The molecule has 4 heteroatoms. The van der Waals surface area contributed by atoms with E-state index in [2.05, 4.69) is 59.9 Å². The molecule has 0 fully saturated rings. The maximum atomic E-state index is 6.83. The molecule has 0 amide bonds. The van der Waals surface area contributed by atoms with Crippen LogP contribution in [0.15, 0.2) is 29.8 Å². The minimum Gasteiger partial charge on any atom is -0.496 e. The van der Waals surface area contributed by atoms with Gasteiger partial charge in [0.15, 0.2) is 8.32 Å². The minimum absolute atomic E-state index is 0.133. The summed E-state index contributed by atoms with van der Waals surface area (Å²) < 4.78 is 18.5. The second-order valence-electron chi connectivity index (χ2n) is 8.09. The Morgan fingerprint density at radius 2 is 1.83 bits per heavy atom. The molecule has 1 aromatic carbocycles. The van der Waals surface area contributed by atoms with Crippen LogP contribution in [-0.4, -0.2) is 22.5 Å². The van der Waals surface area contributed by atoms with E-state index in [1.807, 2.05) is 12.1 Å². The number of hydrogen-bond acceptors (Lipinski definition) is 3. The van der Waals surface area contributed by atoms with E-state index in [1.165, 1.54) is 5.57 Å². The second-order valence-corrected chi connectivity index (χ2v) is 12.8. The van der Waals surface area contributed by atoms with Gasteiger partial charge in [0.25, 0.3) is 0 Å². The fourth-order valence-corrected chi connectivity index (χ4v) is 4.43. The fourth-order valence-electron chi connectivity index (χ4n) is 3.21. The van der Waals surface area contributed by atoms with Crippen molar-refractivity contribution in [2.75, 3.05) is 14.2 Å². The van der Waals surface area contributed by atoms with Crippen molar-refractivity contribution < 1.29 is 13.9 Å². The molecule has 0 N–H and O–H groups in total. The van der Waals surface area contributed by atoms with E-state index in [0.29, 0.717) is 0 Å². The number of methoxy groups -OCH3 is 2. The van der Waals surface area contributed by atoms with Crippen LogP contribution in [0.5, 0.6) is 5.75 Å². The van der Waals surface area contributed by atoms with Gasteiger partial charge in [-0.05, 0) is 43.6 Å². The summed E-state index contributed by atoms with van der Waals surface area (Å²) in [5.41, 5.74) is 2.94. The summed E-state index contributed by atoms with van der Waals surface area (Å²) in [6, 6.07) is 6.15. The van der Waals surface area contributed by atoms with Gasteiger partial charge in [0.2, 0.25) is 0 Å². The van der Waals surface area contributed by atoms with Crippen molar-refractivity contribution in [1.29, 1.82) is 0 Å². The highest BCUT2D eigenvalue weighted by atomic mass is 28.4. The zero-order chi connectivity index (χ0) is 18.3. The van der Waals surface area contributed by atoms with Crippen LogP contribution < -0.4 is 4.74 Å². The third-order valence-corrected chi connectivity index (χ3v) is 10.3. The van der Waals surface area contributed by atoms with Crippen molar-refractivity contribution in [2.45, 2.75) is 64.5 Å². The molecule has 2 atom stereocenters. The molecule has 1 aliphatic carbocycles. The van der Waals surface area contributed by atoms with Gasteiger partial charge >= 0.3 is 0 Å². The van der Waals surface area contributed by atoms with Gasteiger partial charge < -0.3 is 13.9 Å². The molecule has 3 nitrogen and oxygen atoms in total. The smallest absolute Gasteiger partial charge is 0.193 e. The molecule has 0 aliphatic heterocycles. The van der Waals surface area contributed by atoms with Gasteiger partial charge in [0, 0.05) is 18.2 Å². The Morgan fingerprint density at radius 3 is 2.29 bits per heavy atom. The standard InChI is InChI=1S/C20H32O3Si/c1-10-14(2)20(22-7)15-12-11-13-16(21-6)17(15)18(20)23-24(8,9)19(3,4)5/h10-13,18H,1-9H3/b14-10+/t18-,20+/m0/s1. The topological polar surface area (TPSA) is 27.7 Å². The molecular weight excluding hydrogens is 316 g/mol. The lowest BCUT2D eigenvalue weighted by Crippen LogP contribution is -2.53. The molecule has 0 saturated heterocycles. The summed E-state index contributed by atoms with van der Waals surface area (Å²) in [5, 5.41) is 0.133. The zero-order valence-electron chi connectivity index (χ0n) is 16.6. The van der Waals surface area contributed by atoms with Gasteiger partial charge in [-0.2, -0.15) is 0 Å². The number of ether oxygens (including phenoxy) is 2. The van der Waals surface area contributed by atoms with Gasteiger partial charge in [-0.25, -0.2) is 0 Å². The van der Waals surface area contributed by atoms with Crippen molar-refractivity contribution in [2.24, 2.45) is 0 Å². The average molecular weight is 349 g/mol. The predicted octanol–water partition coefficient (Wildman–Crippen LogP) is 5.58. The predicted molar refractivity (Wildman–Crippen MR) is 102 cm³/mol. The molecule has 0 spiro atoms. The quantitative estimate of drug-likeness (QED) is 0.513. The highest BCUT2D eigenvalue weighted by Crippen LogP contribution is 2.61. The van der Waals surface area contributed by atoms with Crippen molar-refractivity contribution in [3.05, 3.63) is 41.0 Å². The Balaban J connectivity index is 2.61. The maximum absolute atomic E-state index is 6.83. The van der Waals surface area contributed by atoms with E-state index in [0.717, 1.165) is 16.9 Å². The van der Waals surface area contributed by atoms with Gasteiger partial charge in [-0.3, -0.25) is 0 Å². The number of rotatable bonds is 5. The number of fused-ring (bicyclic) bond motifs is 1. The molecule has 1 aliphatic rings. The van der Waals surface area contributed by atoms with Crippen LogP contribution >= 0.6 is 0 Å². The fraction of sp³-hybridized carbons (Fsp3) is 0.600. The third-order valence-electron chi connectivity index (χ3n) is 5.88. The normalized spacial score (nSPS) is 24.4. The van der Waals surface area contributed by atoms with Gasteiger partial charge in [0.1, 0.15) is 17.5 Å². The summed E-state index contributed by atoms with van der Waals surface area (Å²) >= 11 is 0. The number of benzene rings is 1. The summed E-state index contributed by atoms with van der Waals surface area (Å²) in [6.07, 6.45) is 1.99. The van der Waals surface area contributed by atoms with E-state index in [9.17, 15) is 0 Å². The molecule has 24 heavy (non-hydrogen) atoms. The van der Waals surface area contributed by atoms with Crippen molar-refractivity contribution >= 4 is 8.32 Å². The van der Waals surface area contributed by atoms with Crippen LogP contribution in [0.2, 0.25) is 18.1 Å². The summed E-state index contributed by atoms with van der Waals surface area (Å²) in [5.74, 6) is 0.882. The maximum Gasteiger partial charge on any atom is 0.193 e. The molecule has 2 rings (SSSR count). The van der Waals surface area contributed by atoms with Crippen LogP contribution in [0.1, 0.15) is 51.8 Å². The van der Waals surface area contributed by atoms with Gasteiger partial charge in [-0.1, -0.05) is 39.0 Å². The SMILES string of the molecule is C/C=C(\C)[C@@]1(OC)c2cccc(OC)c2[C@@H]1O[Si](C)(C)C(C)(C)C. The van der Waals surface area contributed by atoms with Gasteiger partial charge in [-0.15, -0.1) is 0 Å². The van der Waals surface area contributed by atoms with Crippen LogP contribution in [0.3, 0.4) is 0 Å². The molecule has 0 aromatic heterocycles. The van der Waals surface area contributed by atoms with Crippen molar-refractivity contribution in [3.8, 4) is 5.75 Å². The van der Waals surface area contributed by atoms with E-state index in [1.54, 1.807) is 14.2 Å². The highest BCUT2D eigenvalue weighted by Gasteiger charge is 2.58. The third kappa shape index (κ3) is 2.65. The van der Waals surface area contributed by atoms with Crippen LogP contribution in [0.4, 0.5) is 0 Å². The van der Waals surface area contributed by atoms with E-state index in [4.69, 9.17) is 13.9 Å². The van der Waals surface area contributed by atoms with E-state index >= 15 is 0 Å². The Morgan fingerprint density at radius 1 is 1.21 bits per heavy atom. The monoisotopic (exact) mass is 348 g/mol. The zero-order valence-corrected chi connectivity index (χ0v) is 17.6. The van der Waals surface area contributed by atoms with E-state index < -0.39 is 13.9 Å². The Hall–Kier alpha value is -1.10. The highest BCUT2D eigenvalue weighted by molar-refractivity contribution is 6.74. The molecule has 0 unspecified atom stereocenters. The largest absolute Gasteiger partial charge is 0.496 e. The molecule has 0 saturated carbocycles. The van der Waals surface area contributed by atoms with Crippen LogP contribution in [0, 0.1) is 0 Å². The molecule has 0 bridgehead atoms. The average Bonchev–Trinajstić information content (AvgIpc) is 2.51. The lowest BCUT2D eigenvalue weighted by molar-refractivity contribution is -0.106. The summed E-state index contributed by atoms with van der Waals surface area (Å²) in [4.78, 5) is 0. The minimum atomic E-state index is -1.97. The van der Waals surface area contributed by atoms with Gasteiger partial charge in [0.05, 0.1) is 7.11 Å². The number of hydrogen-bond donors (Lipinski definition) is 0. The first kappa shape index (κ1) is 19.2. The Bertz CT molecular complexity index is 643. The lowest BCUT2D eigenvalue weighted by atomic mass is 9.66. The summed E-state index contributed by atoms with van der Waals surface area (Å²) in [6.45, 7) is 15.5. The van der Waals surface area contributed by atoms with Crippen molar-refractivity contribution in [3.63, 3.8) is 0 Å². The number of allylic oxidation sites excluding steroid dienone is 1. The van der Waals surface area contributed by atoms with Crippen LogP contribution in [0.25, 0.3) is 0 Å². The second kappa shape index (κ2) is 6.32.